The number of halogens is 2. The minimum atomic E-state index is 0.00427. The Labute approximate surface area is 74.4 Å². The molecule has 0 bridgehead atoms. The van der Waals surface area contributed by atoms with Gasteiger partial charge in [0.05, 0.1) is 0 Å². The molecule has 3 heteroatoms. The van der Waals surface area contributed by atoms with Gasteiger partial charge >= 0.3 is 0 Å². The minimum Gasteiger partial charge on any atom is -0.123 e. The molecule has 0 heterocycles. The smallest absolute Gasteiger partial charge is 0.0374 e. The predicted octanol–water partition coefficient (Wildman–Crippen LogP) is 2.52. The second-order valence-corrected chi connectivity index (χ2v) is 5.62. The molecule has 2 atom stereocenters. The maximum atomic E-state index is 5.99. The molecular formula is C7H12Cl2Si. The fourth-order valence-electron chi connectivity index (χ4n) is 1.29. The maximum absolute atomic E-state index is 5.99. The van der Waals surface area contributed by atoms with Crippen molar-refractivity contribution in [3.63, 3.8) is 0 Å². The molecule has 58 valence electrons. The quantitative estimate of drug-likeness (QED) is 0.445. The van der Waals surface area contributed by atoms with Crippen molar-refractivity contribution in [3.8, 4) is 0 Å². The Bertz CT molecular complexity index is 145. The van der Waals surface area contributed by atoms with Crippen molar-refractivity contribution >= 4 is 32.7 Å². The Hall–Kier alpha value is 0.537. The largest absolute Gasteiger partial charge is 0.123 e. The van der Waals surface area contributed by atoms with Crippen molar-refractivity contribution in [3.05, 3.63) is 11.1 Å². The summed E-state index contributed by atoms with van der Waals surface area (Å²) in [5.41, 5.74) is 0.665. The Balaban J connectivity index is 2.56. The number of alkyl halides is 1. The molecule has 1 unspecified atom stereocenters. The summed E-state index contributed by atoms with van der Waals surface area (Å²) in [6.45, 7) is 2.29. The van der Waals surface area contributed by atoms with Crippen LogP contribution in [0, 0.1) is 0 Å². The van der Waals surface area contributed by atoms with Gasteiger partial charge in [-0.1, -0.05) is 24.2 Å². The molecule has 0 amide bonds. The van der Waals surface area contributed by atoms with Crippen molar-refractivity contribution in [2.75, 3.05) is 0 Å². The van der Waals surface area contributed by atoms with Crippen LogP contribution in [0.25, 0.3) is 0 Å². The topological polar surface area (TPSA) is 0 Å². The van der Waals surface area contributed by atoms with Gasteiger partial charge in [-0.2, -0.15) is 0 Å². The molecule has 0 aromatic rings. The van der Waals surface area contributed by atoms with Gasteiger partial charge in [-0.25, -0.2) is 0 Å². The molecular weight excluding hydrogens is 183 g/mol. The summed E-state index contributed by atoms with van der Waals surface area (Å²) in [5.74, 6) is 0. The van der Waals surface area contributed by atoms with E-state index in [2.05, 4.69) is 12.6 Å². The van der Waals surface area contributed by atoms with Gasteiger partial charge in [-0.05, 0) is 18.4 Å². The van der Waals surface area contributed by atoms with Crippen LogP contribution in [0.3, 0.4) is 0 Å². The summed E-state index contributed by atoms with van der Waals surface area (Å²) >= 11 is 12.0. The third-order valence-electron chi connectivity index (χ3n) is 1.99. The highest BCUT2D eigenvalue weighted by Crippen LogP contribution is 2.34. The van der Waals surface area contributed by atoms with Crippen LogP contribution < -0.4 is 0 Å². The summed E-state index contributed by atoms with van der Waals surface area (Å²) in [5, 5.41) is 1.42. The maximum Gasteiger partial charge on any atom is 0.0374 e. The molecule has 1 rings (SSSR count). The van der Waals surface area contributed by atoms with Gasteiger partial charge in [0.25, 0.3) is 0 Å². The van der Waals surface area contributed by atoms with E-state index >= 15 is 0 Å². The second-order valence-electron chi connectivity index (χ2n) is 2.76. The summed E-state index contributed by atoms with van der Waals surface area (Å²) in [7, 11) is 0.00427. The normalized spacial score (nSPS) is 34.9. The van der Waals surface area contributed by atoms with Gasteiger partial charge in [0.15, 0.2) is 0 Å². The lowest BCUT2D eigenvalue weighted by Gasteiger charge is -2.21. The van der Waals surface area contributed by atoms with E-state index in [1.54, 1.807) is 0 Å². The van der Waals surface area contributed by atoms with E-state index < -0.39 is 0 Å². The molecule has 0 saturated carbocycles. The summed E-state index contributed by atoms with van der Waals surface area (Å²) in [4.78, 5) is 0. The van der Waals surface area contributed by atoms with Crippen molar-refractivity contribution in [1.29, 1.82) is 0 Å². The average Bonchev–Trinajstić information content (AvgIpc) is 1.94. The lowest BCUT2D eigenvalue weighted by Crippen LogP contribution is -2.12. The monoisotopic (exact) mass is 194 g/mol. The van der Waals surface area contributed by atoms with Gasteiger partial charge in [0, 0.05) is 19.9 Å². The third kappa shape index (κ3) is 2.01. The van der Waals surface area contributed by atoms with Gasteiger partial charge in [0.1, 0.15) is 0 Å². The van der Waals surface area contributed by atoms with E-state index in [9.17, 15) is 0 Å². The van der Waals surface area contributed by atoms with Gasteiger partial charge < -0.3 is 0 Å². The second kappa shape index (κ2) is 3.79. The van der Waals surface area contributed by atoms with Gasteiger partial charge in [-0.15, -0.1) is 11.6 Å². The number of rotatable bonds is 1. The fraction of sp³-hybridized carbons (Fsp3) is 0.714. The third-order valence-corrected chi connectivity index (χ3v) is 4.83. The van der Waals surface area contributed by atoms with E-state index in [1.165, 1.54) is 0 Å². The number of hydrogen-bond donors (Lipinski definition) is 0. The molecule has 10 heavy (non-hydrogen) atoms. The van der Waals surface area contributed by atoms with Crippen LogP contribution in [0.15, 0.2) is 11.1 Å². The van der Waals surface area contributed by atoms with Crippen LogP contribution in [0.2, 0.25) is 12.1 Å². The standard InChI is InChI=1S/C7H12Cl2Si/c1-10-7-4-5(8)2-3-6(7)9/h3,5,7H,2,4,10H2,1H3/t5?,7-/m0/s1. The zero-order chi connectivity index (χ0) is 7.56. The molecule has 0 nitrogen and oxygen atoms in total. The Morgan fingerprint density at radius 1 is 1.70 bits per heavy atom. The highest BCUT2D eigenvalue weighted by Gasteiger charge is 2.19. The molecule has 0 spiro atoms. The first-order valence-electron chi connectivity index (χ1n) is 3.73. The number of allylic oxidation sites excluding steroid dienone is 2. The first-order chi connectivity index (χ1) is 4.74. The predicted molar refractivity (Wildman–Crippen MR) is 51.0 cm³/mol. The molecule has 0 aromatic heterocycles. The van der Waals surface area contributed by atoms with Gasteiger partial charge in [-0.3, -0.25) is 0 Å². The number of hydrogen-bond acceptors (Lipinski definition) is 0. The highest BCUT2D eigenvalue weighted by molar-refractivity contribution is 6.44. The van der Waals surface area contributed by atoms with Crippen LogP contribution >= 0.6 is 23.2 Å². The lowest BCUT2D eigenvalue weighted by molar-refractivity contribution is 0.725. The van der Waals surface area contributed by atoms with E-state index in [0.29, 0.717) is 10.9 Å². The fourth-order valence-corrected chi connectivity index (χ4v) is 3.74. The van der Waals surface area contributed by atoms with Crippen molar-refractivity contribution < 1.29 is 0 Å². The van der Waals surface area contributed by atoms with Crippen molar-refractivity contribution in [2.45, 2.75) is 30.3 Å². The first kappa shape index (κ1) is 8.63. The summed E-state index contributed by atoms with van der Waals surface area (Å²) in [6.07, 6.45) is 4.16. The molecule has 0 aliphatic heterocycles. The van der Waals surface area contributed by atoms with Crippen LogP contribution in [0.5, 0.6) is 0 Å². The Morgan fingerprint density at radius 2 is 2.40 bits per heavy atom. The molecule has 0 fully saturated rings. The van der Waals surface area contributed by atoms with Crippen LogP contribution in [0.4, 0.5) is 0 Å². The van der Waals surface area contributed by atoms with E-state index in [1.807, 2.05) is 0 Å². The summed E-state index contributed by atoms with van der Waals surface area (Å²) < 4.78 is 0. The summed E-state index contributed by atoms with van der Waals surface area (Å²) in [6, 6.07) is 0. The van der Waals surface area contributed by atoms with Crippen molar-refractivity contribution in [2.24, 2.45) is 0 Å². The molecule has 0 N–H and O–H groups in total. The molecule has 0 radical (unpaired) electrons. The molecule has 1 aliphatic rings. The van der Waals surface area contributed by atoms with Crippen LogP contribution in [-0.2, 0) is 0 Å². The zero-order valence-corrected chi connectivity index (χ0v) is 9.04. The average molecular weight is 195 g/mol. The molecule has 1 aliphatic carbocycles. The minimum absolute atomic E-state index is 0.00427. The SMILES string of the molecule is C[SiH2][C@H]1CC(Cl)CC=C1Cl. The van der Waals surface area contributed by atoms with Crippen LogP contribution in [-0.4, -0.2) is 14.9 Å². The Kier molecular flexibility index (Phi) is 3.27. The lowest BCUT2D eigenvalue weighted by atomic mass is 10.1. The molecule has 0 saturated heterocycles. The van der Waals surface area contributed by atoms with E-state index in [0.717, 1.165) is 17.9 Å². The van der Waals surface area contributed by atoms with Crippen molar-refractivity contribution in [1.82, 2.24) is 0 Å². The van der Waals surface area contributed by atoms with Gasteiger partial charge in [0.2, 0.25) is 0 Å². The molecule has 0 aromatic carbocycles. The Morgan fingerprint density at radius 3 is 2.90 bits per heavy atom. The highest BCUT2D eigenvalue weighted by atomic mass is 35.5. The first-order valence-corrected chi connectivity index (χ1v) is 6.78. The van der Waals surface area contributed by atoms with E-state index in [-0.39, 0.29) is 9.52 Å². The van der Waals surface area contributed by atoms with E-state index in [4.69, 9.17) is 23.2 Å². The zero-order valence-electron chi connectivity index (χ0n) is 6.11. The van der Waals surface area contributed by atoms with Crippen LogP contribution in [0.1, 0.15) is 12.8 Å².